The summed E-state index contributed by atoms with van der Waals surface area (Å²) in [6, 6.07) is 7.62. The van der Waals surface area contributed by atoms with Gasteiger partial charge in [0.15, 0.2) is 6.29 Å². The predicted molar refractivity (Wildman–Crippen MR) is 77.8 cm³/mol. The lowest BCUT2D eigenvalue weighted by Gasteiger charge is -2.27. The molecule has 20 heavy (non-hydrogen) atoms. The smallest absolute Gasteiger partial charge is 0.168 e. The highest BCUT2D eigenvalue weighted by Gasteiger charge is 2.43. The van der Waals surface area contributed by atoms with Gasteiger partial charge in [-0.05, 0) is 17.7 Å². The van der Waals surface area contributed by atoms with Gasteiger partial charge in [-0.2, -0.15) is 5.10 Å². The minimum absolute atomic E-state index is 0.269. The van der Waals surface area contributed by atoms with Gasteiger partial charge in [-0.25, -0.2) is 9.67 Å². The topological polar surface area (TPSA) is 49.2 Å². The van der Waals surface area contributed by atoms with Crippen LogP contribution < -0.4 is 0 Å². The molecule has 2 atom stereocenters. The summed E-state index contributed by atoms with van der Waals surface area (Å²) in [5.41, 5.74) is 0.442. The molecule has 1 aromatic heterocycles. The summed E-state index contributed by atoms with van der Waals surface area (Å²) in [6.45, 7) is 1.00. The Balaban J connectivity index is 1.93. The van der Waals surface area contributed by atoms with Crippen LogP contribution in [0.3, 0.4) is 0 Å². The fourth-order valence-electron chi connectivity index (χ4n) is 2.28. The zero-order valence-electron chi connectivity index (χ0n) is 10.6. The van der Waals surface area contributed by atoms with Crippen molar-refractivity contribution in [2.45, 2.75) is 18.4 Å². The second-order valence-electron chi connectivity index (χ2n) is 4.61. The maximum absolute atomic E-state index is 6.10. The number of alkyl halides is 1. The Morgan fingerprint density at radius 2 is 2.20 bits per heavy atom. The van der Waals surface area contributed by atoms with Crippen LogP contribution in [-0.2, 0) is 21.6 Å². The Bertz CT molecular complexity index is 564. The first-order valence-electron chi connectivity index (χ1n) is 6.16. The first kappa shape index (κ1) is 14.0. The van der Waals surface area contributed by atoms with E-state index < -0.39 is 5.60 Å². The molecule has 1 aliphatic heterocycles. The number of ether oxygens (including phenoxy) is 2. The predicted octanol–water partition coefficient (Wildman–Crippen LogP) is 2.59. The molecule has 5 nitrogen and oxygen atoms in total. The van der Waals surface area contributed by atoms with Crippen LogP contribution in [0, 0.1) is 0 Å². The summed E-state index contributed by atoms with van der Waals surface area (Å²) in [6.07, 6.45) is 2.91. The number of hydrogen-bond donors (Lipinski definition) is 0. The van der Waals surface area contributed by atoms with Gasteiger partial charge in [0.2, 0.25) is 0 Å². The van der Waals surface area contributed by atoms with Crippen LogP contribution >= 0.6 is 27.5 Å². The molecule has 7 heteroatoms. The third-order valence-corrected chi connectivity index (χ3v) is 4.02. The molecule has 0 spiro atoms. The fraction of sp³-hybridized carbons (Fsp3) is 0.385. The third-order valence-electron chi connectivity index (χ3n) is 3.24. The molecule has 0 radical (unpaired) electrons. The molecule has 1 saturated heterocycles. The van der Waals surface area contributed by atoms with E-state index in [9.17, 15) is 0 Å². The van der Waals surface area contributed by atoms with Crippen molar-refractivity contribution in [3.63, 3.8) is 0 Å². The Kier molecular flexibility index (Phi) is 4.07. The number of nitrogens with zero attached hydrogens (tertiary/aromatic N) is 3. The number of benzene rings is 1. The summed E-state index contributed by atoms with van der Waals surface area (Å²) in [4.78, 5) is 3.97. The molecule has 0 bridgehead atoms. The average molecular weight is 359 g/mol. The number of aromatic nitrogens is 3. The molecule has 2 aromatic rings. The highest BCUT2D eigenvalue weighted by atomic mass is 79.9. The molecule has 0 N–H and O–H groups in total. The number of halogens is 2. The van der Waals surface area contributed by atoms with E-state index in [1.165, 1.54) is 6.33 Å². The van der Waals surface area contributed by atoms with Crippen LogP contribution in [0.25, 0.3) is 0 Å². The van der Waals surface area contributed by atoms with Crippen LogP contribution in [0.2, 0.25) is 5.02 Å². The van der Waals surface area contributed by atoms with Crippen LogP contribution in [0.4, 0.5) is 0 Å². The summed E-state index contributed by atoms with van der Waals surface area (Å²) in [7, 11) is 0. The van der Waals surface area contributed by atoms with Crippen molar-refractivity contribution in [3.05, 3.63) is 47.5 Å². The van der Waals surface area contributed by atoms with Crippen molar-refractivity contribution in [1.29, 1.82) is 0 Å². The molecule has 0 unspecified atom stereocenters. The van der Waals surface area contributed by atoms with Gasteiger partial charge in [0.1, 0.15) is 18.3 Å². The average Bonchev–Trinajstić information content (AvgIpc) is 3.10. The van der Waals surface area contributed by atoms with Crippen LogP contribution in [0.1, 0.15) is 5.56 Å². The minimum Gasteiger partial charge on any atom is -0.348 e. The van der Waals surface area contributed by atoms with E-state index in [0.717, 1.165) is 5.56 Å². The Hall–Kier alpha value is -0.950. The number of rotatable bonds is 4. The molecular formula is C13H13BrClN3O2. The second-order valence-corrected chi connectivity index (χ2v) is 5.69. The van der Waals surface area contributed by atoms with Crippen molar-refractivity contribution in [2.75, 3.05) is 11.9 Å². The molecule has 1 aromatic carbocycles. The lowest BCUT2D eigenvalue weighted by atomic mass is 9.94. The normalized spacial score (nSPS) is 26.0. The Labute approximate surface area is 130 Å². The molecule has 106 valence electrons. The monoisotopic (exact) mass is 357 g/mol. The standard InChI is InChI=1S/C13H13BrClN3O2/c14-5-12-19-7-13(20-12,6-18-9-16-8-17-18)10-1-3-11(15)4-2-10/h1-4,8-9,12H,5-7H2/t12-,13-/m0/s1. The van der Waals surface area contributed by atoms with Crippen molar-refractivity contribution < 1.29 is 9.47 Å². The van der Waals surface area contributed by atoms with Crippen molar-refractivity contribution >= 4 is 27.5 Å². The van der Waals surface area contributed by atoms with Gasteiger partial charge in [-0.3, -0.25) is 0 Å². The molecule has 0 amide bonds. The maximum atomic E-state index is 6.10. The third kappa shape index (κ3) is 2.74. The van der Waals surface area contributed by atoms with E-state index in [-0.39, 0.29) is 6.29 Å². The maximum Gasteiger partial charge on any atom is 0.168 e. The Morgan fingerprint density at radius 1 is 1.40 bits per heavy atom. The minimum atomic E-state index is -0.573. The van der Waals surface area contributed by atoms with Crippen molar-refractivity contribution in [3.8, 4) is 0 Å². The van der Waals surface area contributed by atoms with E-state index in [1.54, 1.807) is 11.0 Å². The zero-order valence-corrected chi connectivity index (χ0v) is 12.9. The zero-order chi connectivity index (χ0) is 14.0. The van der Waals surface area contributed by atoms with Crippen molar-refractivity contribution in [1.82, 2.24) is 14.8 Å². The van der Waals surface area contributed by atoms with Crippen molar-refractivity contribution in [2.24, 2.45) is 0 Å². The molecule has 1 aliphatic rings. The summed E-state index contributed by atoms with van der Waals surface area (Å²) < 4.78 is 13.5. The molecule has 0 aliphatic carbocycles. The molecule has 3 rings (SSSR count). The fourth-order valence-corrected chi connectivity index (χ4v) is 2.72. The highest BCUT2D eigenvalue weighted by Crippen LogP contribution is 2.36. The first-order valence-corrected chi connectivity index (χ1v) is 7.66. The quantitative estimate of drug-likeness (QED) is 0.788. The summed E-state index contributed by atoms with van der Waals surface area (Å²) >= 11 is 9.34. The van der Waals surface area contributed by atoms with Gasteiger partial charge in [-0.1, -0.05) is 39.7 Å². The van der Waals surface area contributed by atoms with E-state index in [0.29, 0.717) is 23.5 Å². The van der Waals surface area contributed by atoms with Gasteiger partial charge in [-0.15, -0.1) is 0 Å². The largest absolute Gasteiger partial charge is 0.348 e. The molecule has 2 heterocycles. The van der Waals surface area contributed by atoms with E-state index in [1.807, 2.05) is 24.3 Å². The highest BCUT2D eigenvalue weighted by molar-refractivity contribution is 9.09. The summed E-state index contributed by atoms with van der Waals surface area (Å²) in [5, 5.41) is 5.47. The molecule has 0 saturated carbocycles. The van der Waals surface area contributed by atoms with Gasteiger partial charge >= 0.3 is 0 Å². The van der Waals surface area contributed by atoms with E-state index in [4.69, 9.17) is 21.1 Å². The first-order chi connectivity index (χ1) is 9.72. The summed E-state index contributed by atoms with van der Waals surface area (Å²) in [5.74, 6) is 0. The lowest BCUT2D eigenvalue weighted by molar-refractivity contribution is -0.0830. The lowest BCUT2D eigenvalue weighted by Crippen LogP contribution is -2.35. The van der Waals surface area contributed by atoms with Gasteiger partial charge in [0.25, 0.3) is 0 Å². The SMILES string of the molecule is Clc1ccc([C@]2(Cn3cncn3)CO[C@H](CBr)O2)cc1. The number of hydrogen-bond acceptors (Lipinski definition) is 4. The second kappa shape index (κ2) is 5.81. The van der Waals surface area contributed by atoms with Crippen LogP contribution in [-0.4, -0.2) is 33.0 Å². The van der Waals surface area contributed by atoms with Gasteiger partial charge in [0.05, 0.1) is 18.5 Å². The Morgan fingerprint density at radius 3 is 2.80 bits per heavy atom. The van der Waals surface area contributed by atoms with Crippen LogP contribution in [0.5, 0.6) is 0 Å². The van der Waals surface area contributed by atoms with Gasteiger partial charge < -0.3 is 9.47 Å². The van der Waals surface area contributed by atoms with Gasteiger partial charge in [0, 0.05) is 5.02 Å². The molecule has 1 fully saturated rings. The van der Waals surface area contributed by atoms with E-state index in [2.05, 4.69) is 26.0 Å². The van der Waals surface area contributed by atoms with E-state index >= 15 is 0 Å². The van der Waals surface area contributed by atoms with Crippen LogP contribution in [0.15, 0.2) is 36.9 Å². The molecular weight excluding hydrogens is 346 g/mol.